The molecule has 0 radical (unpaired) electrons. The average molecular weight is 941 g/mol. The first-order chi connectivity index (χ1) is 31.0. The van der Waals surface area contributed by atoms with Gasteiger partial charge in [-0.15, -0.1) is 0 Å². The Hall–Kier alpha value is -1.20. The Bertz CT molecular complexity index is 1760. The predicted octanol–water partition coefficient (Wildman–Crippen LogP) is 1.80. The topological polar surface area (TPSA) is 256 Å². The summed E-state index contributed by atoms with van der Waals surface area (Å²) < 4.78 is 48.7. The van der Waals surface area contributed by atoms with Gasteiger partial charge < -0.3 is 83.9 Å². The van der Waals surface area contributed by atoms with Crippen molar-refractivity contribution >= 4 is 0 Å². The van der Waals surface area contributed by atoms with Crippen molar-refractivity contribution in [2.75, 3.05) is 20.3 Å². The molecule has 4 saturated heterocycles. The Labute approximate surface area is 389 Å². The maximum Gasteiger partial charge on any atom is 0.187 e. The van der Waals surface area contributed by atoms with Gasteiger partial charge in [0.15, 0.2) is 25.2 Å². The van der Waals surface area contributed by atoms with Crippen LogP contribution < -0.4 is 0 Å². The second kappa shape index (κ2) is 19.1. The monoisotopic (exact) mass is 941 g/mol. The summed E-state index contributed by atoms with van der Waals surface area (Å²) in [7, 11) is 1.77. The molecule has 3 saturated carbocycles. The molecule has 378 valence electrons. The SMILES string of the molecule is CO[C@@H]1O[C@H](C=C(C)C)C[C@H]1[C@H]1CC[C@]2(C)C3=CC[C@@H]4C(C)(C)[C@@H](O[C@@H]5O[C@H](CO)[C@@H](O)[C@H](O)[C@H]5O[C@@H]5O[C@H](CO[C@@H]6O[C@@H](C)[C@H](O)[C@@H](O)[C@H]6O)[C@@H](O)[C@H](O)[C@H]5O)CC[C@]4(C)[C@@H]3CC[C@@]12C. The minimum absolute atomic E-state index is 0.0335. The van der Waals surface area contributed by atoms with Gasteiger partial charge in [0.1, 0.15) is 67.1 Å². The third-order valence-electron chi connectivity index (χ3n) is 18.6. The van der Waals surface area contributed by atoms with E-state index in [0.717, 1.165) is 44.9 Å². The number of aliphatic hydroxyl groups is 9. The van der Waals surface area contributed by atoms with Crippen molar-refractivity contribution in [2.24, 2.45) is 45.3 Å². The van der Waals surface area contributed by atoms with Gasteiger partial charge in [0.05, 0.1) is 31.5 Å². The van der Waals surface area contributed by atoms with Crippen LogP contribution >= 0.6 is 0 Å². The highest BCUT2D eigenvalue weighted by Gasteiger charge is 2.67. The Kier molecular flexibility index (Phi) is 14.8. The van der Waals surface area contributed by atoms with Crippen LogP contribution in [0.3, 0.4) is 0 Å². The lowest BCUT2D eigenvalue weighted by Crippen LogP contribution is -2.66. The predicted molar refractivity (Wildman–Crippen MR) is 235 cm³/mol. The number of ether oxygens (including phenoxy) is 8. The fourth-order valence-corrected chi connectivity index (χ4v) is 14.6. The molecule has 4 aliphatic heterocycles. The molecule has 8 rings (SSSR count). The Morgan fingerprint density at radius 3 is 2.06 bits per heavy atom. The van der Waals surface area contributed by atoms with Gasteiger partial charge in [-0.2, -0.15) is 0 Å². The summed E-state index contributed by atoms with van der Waals surface area (Å²) in [6.07, 6.45) is -10.8. The smallest absolute Gasteiger partial charge is 0.187 e. The minimum atomic E-state index is -1.85. The van der Waals surface area contributed by atoms with Gasteiger partial charge in [0, 0.05) is 13.0 Å². The molecule has 0 unspecified atom stereocenters. The summed E-state index contributed by atoms with van der Waals surface area (Å²) in [6.45, 7) is 16.5. The van der Waals surface area contributed by atoms with Crippen LogP contribution in [0, 0.1) is 45.3 Å². The summed E-state index contributed by atoms with van der Waals surface area (Å²) in [6, 6.07) is 0. The van der Waals surface area contributed by atoms with Gasteiger partial charge in [-0.3, -0.25) is 0 Å². The van der Waals surface area contributed by atoms with E-state index >= 15 is 0 Å². The van der Waals surface area contributed by atoms with Gasteiger partial charge in [-0.1, -0.05) is 57.9 Å². The van der Waals surface area contributed by atoms with E-state index in [1.165, 1.54) is 12.5 Å². The highest BCUT2D eigenvalue weighted by atomic mass is 16.8. The maximum absolute atomic E-state index is 11.6. The molecule has 17 nitrogen and oxygen atoms in total. The van der Waals surface area contributed by atoms with Crippen molar-refractivity contribution in [3.63, 3.8) is 0 Å². The molecule has 17 heteroatoms. The first-order valence-corrected chi connectivity index (χ1v) is 24.5. The molecule has 9 N–H and O–H groups in total. The molecule has 0 spiro atoms. The largest absolute Gasteiger partial charge is 0.394 e. The van der Waals surface area contributed by atoms with Crippen LogP contribution in [0.25, 0.3) is 0 Å². The van der Waals surface area contributed by atoms with Crippen molar-refractivity contribution in [1.82, 2.24) is 0 Å². The van der Waals surface area contributed by atoms with Crippen molar-refractivity contribution < 1.29 is 83.9 Å². The molecule has 0 amide bonds. The second-order valence-electron chi connectivity index (χ2n) is 22.7. The summed E-state index contributed by atoms with van der Waals surface area (Å²) in [5.41, 5.74) is 2.52. The molecule has 0 bridgehead atoms. The van der Waals surface area contributed by atoms with Gasteiger partial charge in [0.25, 0.3) is 0 Å². The lowest BCUT2D eigenvalue weighted by atomic mass is 9.41. The van der Waals surface area contributed by atoms with Gasteiger partial charge in [-0.25, -0.2) is 0 Å². The first-order valence-electron chi connectivity index (χ1n) is 24.5. The highest BCUT2D eigenvalue weighted by molar-refractivity contribution is 5.33. The summed E-state index contributed by atoms with van der Waals surface area (Å²) >= 11 is 0. The molecule has 25 atom stereocenters. The van der Waals surface area contributed by atoms with Crippen molar-refractivity contribution in [3.8, 4) is 0 Å². The average Bonchev–Trinajstić information content (AvgIpc) is 3.80. The van der Waals surface area contributed by atoms with E-state index in [1.807, 2.05) is 0 Å². The van der Waals surface area contributed by atoms with Crippen LogP contribution in [0.4, 0.5) is 0 Å². The molecular formula is C49H80O17. The molecule has 66 heavy (non-hydrogen) atoms. The van der Waals surface area contributed by atoms with Gasteiger partial charge in [0.2, 0.25) is 0 Å². The Morgan fingerprint density at radius 1 is 0.712 bits per heavy atom. The molecule has 0 aromatic carbocycles. The van der Waals surface area contributed by atoms with Crippen molar-refractivity contribution in [1.29, 1.82) is 0 Å². The van der Waals surface area contributed by atoms with Crippen LogP contribution in [-0.2, 0) is 37.9 Å². The minimum Gasteiger partial charge on any atom is -0.394 e. The van der Waals surface area contributed by atoms with Crippen LogP contribution in [0.2, 0.25) is 0 Å². The molecule has 4 aliphatic carbocycles. The summed E-state index contributed by atoms with van der Waals surface area (Å²) in [4.78, 5) is 0. The molecule has 0 aromatic rings. The number of aliphatic hydroxyl groups excluding tert-OH is 9. The fourth-order valence-electron chi connectivity index (χ4n) is 14.6. The fraction of sp³-hybridized carbons (Fsp3) is 0.918. The van der Waals surface area contributed by atoms with Crippen molar-refractivity contribution in [3.05, 3.63) is 23.3 Å². The van der Waals surface area contributed by atoms with Crippen LogP contribution in [0.15, 0.2) is 23.3 Å². The molecule has 7 fully saturated rings. The number of hydrogen-bond acceptors (Lipinski definition) is 17. The number of hydrogen-bond donors (Lipinski definition) is 9. The summed E-state index contributed by atoms with van der Waals surface area (Å²) in [5.74, 6) is 1.40. The van der Waals surface area contributed by atoms with E-state index < -0.39 is 117 Å². The number of methoxy groups -OCH3 is 1. The third-order valence-corrected chi connectivity index (χ3v) is 18.6. The third kappa shape index (κ3) is 8.52. The summed E-state index contributed by atoms with van der Waals surface area (Å²) in [5, 5.41) is 96.6. The van der Waals surface area contributed by atoms with E-state index in [9.17, 15) is 46.0 Å². The lowest BCUT2D eigenvalue weighted by molar-refractivity contribution is -0.380. The zero-order valence-corrected chi connectivity index (χ0v) is 40.2. The quantitative estimate of drug-likeness (QED) is 0.134. The van der Waals surface area contributed by atoms with E-state index in [2.05, 4.69) is 60.6 Å². The Balaban J connectivity index is 0.984. The van der Waals surface area contributed by atoms with E-state index in [4.69, 9.17) is 37.9 Å². The van der Waals surface area contributed by atoms with Gasteiger partial charge >= 0.3 is 0 Å². The maximum atomic E-state index is 11.6. The zero-order valence-electron chi connectivity index (χ0n) is 40.2. The molecule has 4 heterocycles. The molecule has 0 aromatic heterocycles. The molecular weight excluding hydrogens is 861 g/mol. The number of allylic oxidation sites excluding steroid dienone is 3. The second-order valence-corrected chi connectivity index (χ2v) is 22.7. The number of fused-ring (bicyclic) bond motifs is 5. The lowest BCUT2D eigenvalue weighted by Gasteiger charge is -2.65. The van der Waals surface area contributed by atoms with Gasteiger partial charge in [-0.05, 0) is 112 Å². The first kappa shape index (κ1) is 51.2. The van der Waals surface area contributed by atoms with E-state index in [-0.39, 0.29) is 34.6 Å². The standard InChI is InChI=1S/C49H80O17/c1-22(2)18-24-19-25(42(59-9)62-24)26-12-16-49(8)28-10-11-31-46(4,5)32(14-15-47(31,6)27(28)13-17-48(26,49)7)65-45-41(38(56)34(52)29(20-50)63-45)66-44-40(58)37(55)35(53)30(64-44)21-60-43-39(57)36(54)33(51)23(3)61-43/h10,18,23-27,29-45,50-58H,11-17,19-21H2,1-9H3/t23-,24+,25-,26+,27+,29+,30+,31+,32-,33-,34+,35+,36+,37-,38-,39+,40+,41+,42+,43+,44-,45-,47+,48-,49+/m0/s1. The van der Waals surface area contributed by atoms with Crippen molar-refractivity contribution in [2.45, 2.75) is 217 Å². The Morgan fingerprint density at radius 2 is 1.38 bits per heavy atom. The normalized spacial score (nSPS) is 53.6. The number of rotatable bonds is 11. The van der Waals surface area contributed by atoms with E-state index in [1.54, 1.807) is 12.7 Å². The molecule has 8 aliphatic rings. The van der Waals surface area contributed by atoms with Crippen LogP contribution in [-0.4, -0.2) is 177 Å². The zero-order chi connectivity index (χ0) is 48.0. The van der Waals surface area contributed by atoms with E-state index in [0.29, 0.717) is 24.2 Å². The van der Waals surface area contributed by atoms with Crippen LogP contribution in [0.5, 0.6) is 0 Å². The van der Waals surface area contributed by atoms with Crippen LogP contribution in [0.1, 0.15) is 107 Å². The highest BCUT2D eigenvalue weighted by Crippen LogP contribution is 2.74.